The third kappa shape index (κ3) is 3.84. The van der Waals surface area contributed by atoms with Gasteiger partial charge in [0.05, 0.1) is 0 Å². The van der Waals surface area contributed by atoms with E-state index in [0.717, 1.165) is 12.8 Å². The molecular weight excluding hydrogens is 420 g/mol. The molecule has 0 nitrogen and oxygen atoms in total. The zero-order valence-corrected chi connectivity index (χ0v) is 22.2. The SMILES string of the molecule is CCC(C)c1ccc2c(c1)C(C)(c1ccccc1)c1cc(-c3ccc(C(C)(C)CC)cc3)ccc1-2. The highest BCUT2D eigenvalue weighted by Crippen LogP contribution is 2.53. The van der Waals surface area contributed by atoms with Crippen LogP contribution in [0.5, 0.6) is 0 Å². The fraction of sp³-hybridized carbons (Fsp3) is 0.314. The van der Waals surface area contributed by atoms with Crippen LogP contribution < -0.4 is 0 Å². The smallest absolute Gasteiger partial charge is 0.0435 e. The average Bonchev–Trinajstić information content (AvgIpc) is 3.17. The van der Waals surface area contributed by atoms with E-state index in [1.165, 1.54) is 50.1 Å². The summed E-state index contributed by atoms with van der Waals surface area (Å²) in [6.07, 6.45) is 2.29. The maximum Gasteiger partial charge on any atom is 0.0435 e. The Hall–Kier alpha value is -3.12. The van der Waals surface area contributed by atoms with Crippen molar-refractivity contribution in [1.29, 1.82) is 0 Å². The van der Waals surface area contributed by atoms with Gasteiger partial charge in [0, 0.05) is 5.41 Å². The Balaban J connectivity index is 1.67. The van der Waals surface area contributed by atoms with Crippen molar-refractivity contribution < 1.29 is 0 Å². The highest BCUT2D eigenvalue weighted by atomic mass is 14.4. The van der Waals surface area contributed by atoms with E-state index in [-0.39, 0.29) is 10.8 Å². The predicted octanol–water partition coefficient (Wildman–Crippen LogP) is 9.89. The summed E-state index contributed by atoms with van der Waals surface area (Å²) < 4.78 is 0. The molecule has 0 heterocycles. The Morgan fingerprint density at radius 2 is 1.31 bits per heavy atom. The van der Waals surface area contributed by atoms with Gasteiger partial charge in [-0.2, -0.15) is 0 Å². The van der Waals surface area contributed by atoms with Gasteiger partial charge in [-0.3, -0.25) is 0 Å². The lowest BCUT2D eigenvalue weighted by Gasteiger charge is -2.29. The molecule has 5 rings (SSSR count). The van der Waals surface area contributed by atoms with Crippen LogP contribution in [0, 0.1) is 0 Å². The highest BCUT2D eigenvalue weighted by molar-refractivity contribution is 5.86. The molecule has 35 heavy (non-hydrogen) atoms. The quantitative estimate of drug-likeness (QED) is 0.270. The minimum atomic E-state index is -0.171. The number of rotatable bonds is 6. The monoisotopic (exact) mass is 458 g/mol. The Morgan fingerprint density at radius 3 is 1.94 bits per heavy atom. The van der Waals surface area contributed by atoms with Gasteiger partial charge in [0.15, 0.2) is 0 Å². The molecule has 0 radical (unpaired) electrons. The van der Waals surface area contributed by atoms with E-state index in [1.54, 1.807) is 0 Å². The summed E-state index contributed by atoms with van der Waals surface area (Å²) in [5.41, 5.74) is 12.4. The summed E-state index contributed by atoms with van der Waals surface area (Å²) in [7, 11) is 0. The van der Waals surface area contributed by atoms with Crippen molar-refractivity contribution in [1.82, 2.24) is 0 Å². The summed E-state index contributed by atoms with van der Waals surface area (Å²) in [6, 6.07) is 34.6. The van der Waals surface area contributed by atoms with E-state index in [2.05, 4.69) is 133 Å². The van der Waals surface area contributed by atoms with Crippen molar-refractivity contribution in [2.75, 3.05) is 0 Å². The van der Waals surface area contributed by atoms with Crippen LogP contribution in [0.1, 0.15) is 88.1 Å². The average molecular weight is 459 g/mol. The maximum absolute atomic E-state index is 2.48. The minimum absolute atomic E-state index is 0.171. The Kier molecular flexibility index (Phi) is 5.96. The fourth-order valence-electron chi connectivity index (χ4n) is 5.67. The summed E-state index contributed by atoms with van der Waals surface area (Å²) in [6.45, 7) is 14.0. The van der Waals surface area contributed by atoms with Gasteiger partial charge >= 0.3 is 0 Å². The Morgan fingerprint density at radius 1 is 0.714 bits per heavy atom. The van der Waals surface area contributed by atoms with Crippen LogP contribution in [0.3, 0.4) is 0 Å². The standard InChI is InChI=1S/C35H38/c1-7-24(3)26-16-20-30-31-21-17-27(25-14-18-28(19-15-25)34(4,5)8-2)23-33(31)35(6,32(30)22-26)29-12-10-9-11-13-29/h9-24H,7-8H2,1-6H3. The third-order valence-electron chi connectivity index (χ3n) is 8.85. The van der Waals surface area contributed by atoms with Gasteiger partial charge in [-0.05, 0) is 87.2 Å². The van der Waals surface area contributed by atoms with Crippen LogP contribution in [0.4, 0.5) is 0 Å². The topological polar surface area (TPSA) is 0 Å². The molecular formula is C35H38. The summed E-state index contributed by atoms with van der Waals surface area (Å²) >= 11 is 0. The first-order chi connectivity index (χ1) is 16.8. The van der Waals surface area contributed by atoms with Crippen molar-refractivity contribution in [2.45, 2.75) is 71.1 Å². The lowest BCUT2D eigenvalue weighted by molar-refractivity contribution is 0.506. The highest BCUT2D eigenvalue weighted by Gasteiger charge is 2.41. The van der Waals surface area contributed by atoms with Crippen LogP contribution in [0.15, 0.2) is 91.0 Å². The molecule has 4 aromatic rings. The van der Waals surface area contributed by atoms with Crippen molar-refractivity contribution >= 4 is 0 Å². The van der Waals surface area contributed by atoms with Crippen LogP contribution in [0.2, 0.25) is 0 Å². The normalized spacial score (nSPS) is 17.7. The van der Waals surface area contributed by atoms with Gasteiger partial charge in [-0.25, -0.2) is 0 Å². The molecule has 0 heteroatoms. The van der Waals surface area contributed by atoms with Gasteiger partial charge in [-0.1, -0.05) is 120 Å². The minimum Gasteiger partial charge on any atom is -0.0648 e. The number of hydrogen-bond donors (Lipinski definition) is 0. The van der Waals surface area contributed by atoms with Crippen molar-refractivity contribution in [3.63, 3.8) is 0 Å². The number of benzene rings is 4. The zero-order chi connectivity index (χ0) is 24.8. The van der Waals surface area contributed by atoms with E-state index in [1.807, 2.05) is 0 Å². The van der Waals surface area contributed by atoms with E-state index in [0.29, 0.717) is 5.92 Å². The van der Waals surface area contributed by atoms with Gasteiger partial charge < -0.3 is 0 Å². The first kappa shape index (κ1) is 23.6. The van der Waals surface area contributed by atoms with E-state index < -0.39 is 0 Å². The van der Waals surface area contributed by atoms with Gasteiger partial charge in [0.1, 0.15) is 0 Å². The second kappa shape index (κ2) is 8.83. The van der Waals surface area contributed by atoms with Crippen molar-refractivity contribution in [3.8, 4) is 22.3 Å². The number of hydrogen-bond acceptors (Lipinski definition) is 0. The largest absolute Gasteiger partial charge is 0.0648 e. The summed E-state index contributed by atoms with van der Waals surface area (Å²) in [5.74, 6) is 0.561. The molecule has 178 valence electrons. The van der Waals surface area contributed by atoms with E-state index >= 15 is 0 Å². The molecule has 0 fully saturated rings. The third-order valence-corrected chi connectivity index (χ3v) is 8.85. The van der Waals surface area contributed by atoms with Gasteiger partial charge in [0.25, 0.3) is 0 Å². The van der Waals surface area contributed by atoms with Crippen LogP contribution >= 0.6 is 0 Å². The molecule has 2 atom stereocenters. The molecule has 4 aromatic carbocycles. The van der Waals surface area contributed by atoms with Gasteiger partial charge in [-0.15, -0.1) is 0 Å². The fourth-order valence-corrected chi connectivity index (χ4v) is 5.67. The first-order valence-electron chi connectivity index (χ1n) is 13.3. The number of fused-ring (bicyclic) bond motifs is 3. The molecule has 0 saturated heterocycles. The van der Waals surface area contributed by atoms with Crippen LogP contribution in [-0.2, 0) is 10.8 Å². The van der Waals surface area contributed by atoms with E-state index in [4.69, 9.17) is 0 Å². The molecule has 0 aromatic heterocycles. The molecule has 0 amide bonds. The molecule has 0 saturated carbocycles. The summed E-state index contributed by atoms with van der Waals surface area (Å²) in [5, 5.41) is 0. The molecule has 0 bridgehead atoms. The van der Waals surface area contributed by atoms with E-state index in [9.17, 15) is 0 Å². The summed E-state index contributed by atoms with van der Waals surface area (Å²) in [4.78, 5) is 0. The van der Waals surface area contributed by atoms with Gasteiger partial charge in [0.2, 0.25) is 0 Å². The second-order valence-corrected chi connectivity index (χ2v) is 11.2. The van der Waals surface area contributed by atoms with Crippen LogP contribution in [-0.4, -0.2) is 0 Å². The maximum atomic E-state index is 2.48. The molecule has 2 unspecified atom stereocenters. The molecule has 1 aliphatic carbocycles. The Labute approximate surface area is 212 Å². The van der Waals surface area contributed by atoms with Crippen molar-refractivity contribution in [3.05, 3.63) is 119 Å². The lowest BCUT2D eigenvalue weighted by atomic mass is 9.73. The lowest BCUT2D eigenvalue weighted by Crippen LogP contribution is -2.22. The predicted molar refractivity (Wildman–Crippen MR) is 151 cm³/mol. The molecule has 0 aliphatic heterocycles. The zero-order valence-electron chi connectivity index (χ0n) is 22.2. The molecule has 0 spiro atoms. The Bertz CT molecular complexity index is 1340. The molecule has 1 aliphatic rings. The first-order valence-corrected chi connectivity index (χ1v) is 13.3. The van der Waals surface area contributed by atoms with Crippen molar-refractivity contribution in [2.24, 2.45) is 0 Å². The van der Waals surface area contributed by atoms with Crippen LogP contribution in [0.25, 0.3) is 22.3 Å². The molecule has 0 N–H and O–H groups in total. The second-order valence-electron chi connectivity index (χ2n) is 11.2.